The van der Waals surface area contributed by atoms with Crippen molar-refractivity contribution in [2.24, 2.45) is 5.84 Å². The molecule has 0 bridgehead atoms. The smallest absolute Gasteiger partial charge is 0.0465 e. The summed E-state index contributed by atoms with van der Waals surface area (Å²) in [5.41, 5.74) is 5.41. The van der Waals surface area contributed by atoms with Gasteiger partial charge in [-0.05, 0) is 36.1 Å². The van der Waals surface area contributed by atoms with E-state index in [9.17, 15) is 0 Å². The molecule has 2 nitrogen and oxygen atoms in total. The second-order valence-corrected chi connectivity index (χ2v) is 3.54. The number of halogens is 3. The number of hydrogen-bond acceptors (Lipinski definition) is 2. The van der Waals surface area contributed by atoms with Crippen LogP contribution in [0.15, 0.2) is 18.2 Å². The SMILES string of the molecule is Cl.Cl.NNC1CCc2cc(Cl)ccc21. The van der Waals surface area contributed by atoms with E-state index in [0.29, 0.717) is 6.04 Å². The van der Waals surface area contributed by atoms with Crippen molar-refractivity contribution in [3.63, 3.8) is 0 Å². The highest BCUT2D eigenvalue weighted by atomic mass is 35.5. The zero-order chi connectivity index (χ0) is 8.55. The van der Waals surface area contributed by atoms with Gasteiger partial charge in [0, 0.05) is 11.1 Å². The van der Waals surface area contributed by atoms with E-state index in [2.05, 4.69) is 11.5 Å². The molecule has 0 saturated heterocycles. The normalized spacial score (nSPS) is 18.0. The lowest BCUT2D eigenvalue weighted by molar-refractivity contribution is 0.551. The third-order valence-corrected chi connectivity index (χ3v) is 2.62. The highest BCUT2D eigenvalue weighted by Crippen LogP contribution is 2.31. The number of benzene rings is 1. The first-order chi connectivity index (χ1) is 5.81. The molecule has 0 aromatic heterocycles. The van der Waals surface area contributed by atoms with E-state index < -0.39 is 0 Å². The van der Waals surface area contributed by atoms with E-state index in [1.54, 1.807) is 0 Å². The van der Waals surface area contributed by atoms with Gasteiger partial charge in [0.25, 0.3) is 0 Å². The molecule has 0 aliphatic heterocycles. The summed E-state index contributed by atoms with van der Waals surface area (Å²) < 4.78 is 0. The summed E-state index contributed by atoms with van der Waals surface area (Å²) >= 11 is 5.86. The molecule has 80 valence electrons. The second kappa shape index (κ2) is 5.79. The van der Waals surface area contributed by atoms with Gasteiger partial charge in [-0.25, -0.2) is 0 Å². The van der Waals surface area contributed by atoms with Crippen LogP contribution in [0.1, 0.15) is 23.6 Å². The van der Waals surface area contributed by atoms with Gasteiger partial charge in [0.2, 0.25) is 0 Å². The second-order valence-electron chi connectivity index (χ2n) is 3.10. The van der Waals surface area contributed by atoms with E-state index >= 15 is 0 Å². The van der Waals surface area contributed by atoms with Crippen LogP contribution in [0, 0.1) is 0 Å². The van der Waals surface area contributed by atoms with Crippen molar-refractivity contribution in [1.29, 1.82) is 0 Å². The summed E-state index contributed by atoms with van der Waals surface area (Å²) in [5.74, 6) is 5.40. The Morgan fingerprint density at radius 1 is 1.36 bits per heavy atom. The maximum Gasteiger partial charge on any atom is 0.0465 e. The van der Waals surface area contributed by atoms with Crippen LogP contribution < -0.4 is 11.3 Å². The first-order valence-corrected chi connectivity index (χ1v) is 4.43. The fourth-order valence-electron chi connectivity index (χ4n) is 1.76. The molecule has 0 amide bonds. The lowest BCUT2D eigenvalue weighted by Gasteiger charge is -2.08. The van der Waals surface area contributed by atoms with Gasteiger partial charge in [-0.3, -0.25) is 11.3 Å². The van der Waals surface area contributed by atoms with Crippen molar-refractivity contribution in [2.45, 2.75) is 18.9 Å². The number of nitrogens with one attached hydrogen (secondary N) is 1. The first kappa shape index (κ1) is 14.0. The largest absolute Gasteiger partial charge is 0.271 e. The van der Waals surface area contributed by atoms with Crippen LogP contribution in [-0.2, 0) is 6.42 Å². The molecule has 0 radical (unpaired) electrons. The number of hydrazine groups is 1. The number of rotatable bonds is 1. The average Bonchev–Trinajstić information content (AvgIpc) is 2.46. The minimum atomic E-state index is 0. The van der Waals surface area contributed by atoms with Crippen molar-refractivity contribution < 1.29 is 0 Å². The van der Waals surface area contributed by atoms with E-state index in [1.165, 1.54) is 11.1 Å². The lowest BCUT2D eigenvalue weighted by atomic mass is 10.1. The van der Waals surface area contributed by atoms with Crippen molar-refractivity contribution in [3.8, 4) is 0 Å². The molecule has 14 heavy (non-hydrogen) atoms. The maximum absolute atomic E-state index is 5.86. The van der Waals surface area contributed by atoms with Crippen LogP contribution in [0.25, 0.3) is 0 Å². The van der Waals surface area contributed by atoms with Crippen LogP contribution in [0.2, 0.25) is 5.02 Å². The molecular formula is C9H13Cl3N2. The molecule has 1 unspecified atom stereocenters. The molecule has 3 N–H and O–H groups in total. The molecule has 1 aromatic rings. The molecule has 5 heteroatoms. The fourth-order valence-corrected chi connectivity index (χ4v) is 1.95. The number of nitrogens with two attached hydrogens (primary N) is 1. The number of fused-ring (bicyclic) bond motifs is 1. The molecule has 0 fully saturated rings. The van der Waals surface area contributed by atoms with Gasteiger partial charge in [-0.15, -0.1) is 24.8 Å². The summed E-state index contributed by atoms with van der Waals surface area (Å²) in [4.78, 5) is 0. The number of hydrogen-bond donors (Lipinski definition) is 2. The van der Waals surface area contributed by atoms with Crippen LogP contribution in [0.5, 0.6) is 0 Å². The summed E-state index contributed by atoms with van der Waals surface area (Å²) in [6.07, 6.45) is 2.15. The van der Waals surface area contributed by atoms with Gasteiger partial charge in [0.05, 0.1) is 0 Å². The summed E-state index contributed by atoms with van der Waals surface area (Å²) in [7, 11) is 0. The fraction of sp³-hybridized carbons (Fsp3) is 0.333. The third-order valence-electron chi connectivity index (χ3n) is 2.38. The Bertz CT molecular complexity index is 304. The minimum Gasteiger partial charge on any atom is -0.271 e. The molecule has 2 rings (SSSR count). The summed E-state index contributed by atoms with van der Waals surface area (Å²) in [6.45, 7) is 0. The Kier molecular flexibility index (Phi) is 5.79. The standard InChI is InChI=1S/C9H11ClN2.2ClH/c10-7-2-3-8-6(5-7)1-4-9(8)12-11;;/h2-3,5,9,12H,1,4,11H2;2*1H. The monoisotopic (exact) mass is 254 g/mol. The summed E-state index contributed by atoms with van der Waals surface area (Å²) in [6, 6.07) is 6.30. The van der Waals surface area contributed by atoms with Gasteiger partial charge >= 0.3 is 0 Å². The first-order valence-electron chi connectivity index (χ1n) is 4.05. The highest BCUT2D eigenvalue weighted by molar-refractivity contribution is 6.30. The average molecular weight is 256 g/mol. The molecule has 0 saturated carbocycles. The summed E-state index contributed by atoms with van der Waals surface area (Å²) in [5, 5.41) is 0.812. The quantitative estimate of drug-likeness (QED) is 0.598. The zero-order valence-electron chi connectivity index (χ0n) is 7.50. The molecule has 1 aliphatic carbocycles. The lowest BCUT2D eigenvalue weighted by Crippen LogP contribution is -2.26. The topological polar surface area (TPSA) is 38.0 Å². The van der Waals surface area contributed by atoms with Gasteiger partial charge in [-0.1, -0.05) is 17.7 Å². The van der Waals surface area contributed by atoms with E-state index in [0.717, 1.165) is 17.9 Å². The van der Waals surface area contributed by atoms with E-state index in [-0.39, 0.29) is 24.8 Å². The van der Waals surface area contributed by atoms with Crippen molar-refractivity contribution in [2.75, 3.05) is 0 Å². The molecule has 1 atom stereocenters. The Labute approximate surface area is 101 Å². The van der Waals surface area contributed by atoms with Crippen LogP contribution in [-0.4, -0.2) is 0 Å². The Balaban J connectivity index is 0.000000845. The number of aryl methyl sites for hydroxylation is 1. The Morgan fingerprint density at radius 3 is 2.71 bits per heavy atom. The molecular weight excluding hydrogens is 242 g/mol. The molecule has 1 aliphatic rings. The van der Waals surface area contributed by atoms with Crippen LogP contribution >= 0.6 is 36.4 Å². The molecule has 1 aromatic carbocycles. The zero-order valence-corrected chi connectivity index (χ0v) is 9.88. The minimum absolute atomic E-state index is 0. The van der Waals surface area contributed by atoms with E-state index in [4.69, 9.17) is 17.4 Å². The van der Waals surface area contributed by atoms with Gasteiger partial charge in [-0.2, -0.15) is 0 Å². The van der Waals surface area contributed by atoms with Gasteiger partial charge < -0.3 is 0 Å². The third kappa shape index (κ3) is 2.53. The van der Waals surface area contributed by atoms with E-state index in [1.807, 2.05) is 12.1 Å². The van der Waals surface area contributed by atoms with Crippen LogP contribution in [0.4, 0.5) is 0 Å². The van der Waals surface area contributed by atoms with Crippen molar-refractivity contribution >= 4 is 36.4 Å². The maximum atomic E-state index is 5.86. The van der Waals surface area contributed by atoms with Crippen molar-refractivity contribution in [3.05, 3.63) is 34.3 Å². The Morgan fingerprint density at radius 2 is 2.07 bits per heavy atom. The molecule has 0 spiro atoms. The predicted octanol–water partition coefficient (Wildman–Crippen LogP) is 2.63. The van der Waals surface area contributed by atoms with Crippen LogP contribution in [0.3, 0.4) is 0 Å². The predicted molar refractivity (Wildman–Crippen MR) is 64.3 cm³/mol. The van der Waals surface area contributed by atoms with Gasteiger partial charge in [0.15, 0.2) is 0 Å². The van der Waals surface area contributed by atoms with Crippen molar-refractivity contribution in [1.82, 2.24) is 5.43 Å². The highest BCUT2D eigenvalue weighted by Gasteiger charge is 2.20. The molecule has 0 heterocycles. The Hall–Kier alpha value is 0.01000. The van der Waals surface area contributed by atoms with Gasteiger partial charge in [0.1, 0.15) is 0 Å².